The van der Waals surface area contributed by atoms with Gasteiger partial charge < -0.3 is 0 Å². The lowest BCUT2D eigenvalue weighted by molar-refractivity contribution is 0.237. The van der Waals surface area contributed by atoms with Crippen molar-refractivity contribution >= 4 is 16.3 Å². The largest absolute Gasteiger partial charge is 0.288 e. The minimum atomic E-state index is -0.00541. The van der Waals surface area contributed by atoms with Gasteiger partial charge in [0.15, 0.2) is 4.96 Å². The van der Waals surface area contributed by atoms with Crippen LogP contribution in [0.1, 0.15) is 36.1 Å². The monoisotopic (exact) mass is 316 g/mol. The SMILES string of the molecule is Cc1csc2nc(CN3CCC[C@H]3c3ncn[nH]3)cc(=O)n12. The molecule has 0 aliphatic carbocycles. The summed E-state index contributed by atoms with van der Waals surface area (Å²) in [5, 5.41) is 8.85. The fraction of sp³-hybridized carbons (Fsp3) is 0.429. The van der Waals surface area contributed by atoms with E-state index in [4.69, 9.17) is 0 Å². The van der Waals surface area contributed by atoms with Gasteiger partial charge in [0.25, 0.3) is 5.56 Å². The first-order valence-corrected chi connectivity index (χ1v) is 8.16. The van der Waals surface area contributed by atoms with Crippen molar-refractivity contribution in [2.75, 3.05) is 6.54 Å². The molecule has 0 radical (unpaired) electrons. The smallest absolute Gasteiger partial charge is 0.259 e. The fourth-order valence-corrected chi connectivity index (χ4v) is 3.98. The van der Waals surface area contributed by atoms with Gasteiger partial charge in [0.2, 0.25) is 0 Å². The standard InChI is InChI=1S/C14H16N6OS/c1-9-7-22-14-17-10(5-12(21)20(9)14)6-19-4-2-3-11(19)13-15-8-16-18-13/h5,7-8,11H,2-4,6H2,1H3,(H,15,16,18)/t11-/m0/s1. The van der Waals surface area contributed by atoms with Crippen LogP contribution in [-0.4, -0.2) is 36.0 Å². The van der Waals surface area contributed by atoms with Gasteiger partial charge in [-0.25, -0.2) is 9.97 Å². The van der Waals surface area contributed by atoms with Gasteiger partial charge in [-0.05, 0) is 26.3 Å². The Morgan fingerprint density at radius 2 is 2.41 bits per heavy atom. The molecule has 0 unspecified atom stereocenters. The first-order valence-electron chi connectivity index (χ1n) is 7.28. The van der Waals surface area contributed by atoms with Crippen molar-refractivity contribution in [2.24, 2.45) is 0 Å². The number of likely N-dealkylation sites (tertiary alicyclic amines) is 1. The Bertz CT molecular complexity index is 852. The summed E-state index contributed by atoms with van der Waals surface area (Å²) in [5.74, 6) is 0.891. The second kappa shape index (κ2) is 5.29. The molecule has 0 saturated carbocycles. The van der Waals surface area contributed by atoms with Crippen LogP contribution in [0.4, 0.5) is 0 Å². The molecule has 0 amide bonds. The summed E-state index contributed by atoms with van der Waals surface area (Å²) >= 11 is 1.50. The van der Waals surface area contributed by atoms with Gasteiger partial charge in [0.05, 0.1) is 11.7 Å². The van der Waals surface area contributed by atoms with Gasteiger partial charge in [-0.2, -0.15) is 5.10 Å². The maximum absolute atomic E-state index is 12.2. The summed E-state index contributed by atoms with van der Waals surface area (Å²) in [6, 6.07) is 1.87. The van der Waals surface area contributed by atoms with Crippen LogP contribution in [-0.2, 0) is 6.54 Å². The van der Waals surface area contributed by atoms with Crippen molar-refractivity contribution in [3.63, 3.8) is 0 Å². The molecular formula is C14H16N6OS. The number of hydrogen-bond acceptors (Lipinski definition) is 6. The maximum Gasteiger partial charge on any atom is 0.259 e. The molecule has 1 fully saturated rings. The zero-order chi connectivity index (χ0) is 15.1. The number of thiazole rings is 1. The fourth-order valence-electron chi connectivity index (χ4n) is 3.09. The van der Waals surface area contributed by atoms with E-state index >= 15 is 0 Å². The molecule has 4 heterocycles. The number of fused-ring (bicyclic) bond motifs is 1. The Morgan fingerprint density at radius 1 is 1.50 bits per heavy atom. The summed E-state index contributed by atoms with van der Waals surface area (Å²) in [5.41, 5.74) is 1.75. The van der Waals surface area contributed by atoms with E-state index in [9.17, 15) is 4.79 Å². The van der Waals surface area contributed by atoms with Crippen molar-refractivity contribution in [1.82, 2.24) is 29.5 Å². The predicted octanol–water partition coefficient (Wildman–Crippen LogP) is 1.52. The Balaban J connectivity index is 1.64. The normalized spacial score (nSPS) is 19.2. The highest BCUT2D eigenvalue weighted by molar-refractivity contribution is 7.15. The number of nitrogens with zero attached hydrogens (tertiary/aromatic N) is 5. The van der Waals surface area contributed by atoms with Crippen molar-refractivity contribution in [1.29, 1.82) is 0 Å². The molecule has 3 aromatic rings. The third kappa shape index (κ3) is 2.24. The topological polar surface area (TPSA) is 79.2 Å². The van der Waals surface area contributed by atoms with Gasteiger partial charge in [-0.15, -0.1) is 11.3 Å². The molecule has 7 nitrogen and oxygen atoms in total. The van der Waals surface area contributed by atoms with Crippen LogP contribution >= 0.6 is 11.3 Å². The van der Waals surface area contributed by atoms with E-state index < -0.39 is 0 Å². The third-order valence-electron chi connectivity index (χ3n) is 4.11. The van der Waals surface area contributed by atoms with Crippen LogP contribution in [0.25, 0.3) is 4.96 Å². The minimum absolute atomic E-state index is 0.00541. The molecule has 1 atom stereocenters. The number of rotatable bonds is 3. The summed E-state index contributed by atoms with van der Waals surface area (Å²) in [4.78, 5) is 24.2. The molecule has 1 aliphatic rings. The molecule has 1 saturated heterocycles. The Kier molecular flexibility index (Phi) is 3.27. The van der Waals surface area contributed by atoms with Crippen LogP contribution in [0.3, 0.4) is 0 Å². The lowest BCUT2D eigenvalue weighted by Gasteiger charge is -2.21. The van der Waals surface area contributed by atoms with Crippen LogP contribution in [0.2, 0.25) is 0 Å². The van der Waals surface area contributed by atoms with Gasteiger partial charge in [-0.3, -0.25) is 19.2 Å². The van der Waals surface area contributed by atoms with E-state index in [1.807, 2.05) is 12.3 Å². The van der Waals surface area contributed by atoms with E-state index in [0.717, 1.165) is 41.6 Å². The average molecular weight is 316 g/mol. The van der Waals surface area contributed by atoms with E-state index in [-0.39, 0.29) is 11.6 Å². The Labute approximate surface area is 130 Å². The average Bonchev–Trinajstić information content (AvgIpc) is 3.19. The quantitative estimate of drug-likeness (QED) is 0.792. The van der Waals surface area contributed by atoms with Gasteiger partial charge in [-0.1, -0.05) is 0 Å². The van der Waals surface area contributed by atoms with E-state index in [2.05, 4.69) is 25.1 Å². The Morgan fingerprint density at radius 3 is 3.23 bits per heavy atom. The zero-order valence-corrected chi connectivity index (χ0v) is 13.0. The molecule has 0 bridgehead atoms. The van der Waals surface area contributed by atoms with Crippen LogP contribution < -0.4 is 5.56 Å². The minimum Gasteiger partial charge on any atom is -0.288 e. The van der Waals surface area contributed by atoms with E-state index in [1.54, 1.807) is 10.5 Å². The van der Waals surface area contributed by atoms with Crippen LogP contribution in [0, 0.1) is 6.92 Å². The first-order chi connectivity index (χ1) is 10.7. The molecular weight excluding hydrogens is 300 g/mol. The van der Waals surface area contributed by atoms with Gasteiger partial charge >= 0.3 is 0 Å². The highest BCUT2D eigenvalue weighted by atomic mass is 32.1. The van der Waals surface area contributed by atoms with Gasteiger partial charge in [0, 0.05) is 23.7 Å². The maximum atomic E-state index is 12.2. The summed E-state index contributed by atoms with van der Waals surface area (Å²) in [6.07, 6.45) is 3.70. The molecule has 114 valence electrons. The predicted molar refractivity (Wildman–Crippen MR) is 82.8 cm³/mol. The van der Waals surface area contributed by atoms with Gasteiger partial charge in [0.1, 0.15) is 12.2 Å². The van der Waals surface area contributed by atoms with Crippen LogP contribution in [0.5, 0.6) is 0 Å². The zero-order valence-electron chi connectivity index (χ0n) is 12.2. The molecule has 1 N–H and O–H groups in total. The number of aromatic amines is 1. The van der Waals surface area contributed by atoms with Crippen molar-refractivity contribution in [2.45, 2.75) is 32.4 Å². The molecule has 1 aliphatic heterocycles. The van der Waals surface area contributed by atoms with E-state index in [0.29, 0.717) is 6.54 Å². The number of aromatic nitrogens is 5. The Hall–Kier alpha value is -2.06. The number of H-pyrrole nitrogens is 1. The summed E-state index contributed by atoms with van der Waals surface area (Å²) in [7, 11) is 0. The van der Waals surface area contributed by atoms with Crippen molar-refractivity contribution < 1.29 is 0 Å². The lowest BCUT2D eigenvalue weighted by Crippen LogP contribution is -2.25. The second-order valence-corrected chi connectivity index (χ2v) is 6.42. The lowest BCUT2D eigenvalue weighted by atomic mass is 10.2. The third-order valence-corrected chi connectivity index (χ3v) is 5.05. The number of nitrogens with one attached hydrogen (secondary N) is 1. The number of aryl methyl sites for hydroxylation is 1. The molecule has 8 heteroatoms. The highest BCUT2D eigenvalue weighted by Gasteiger charge is 2.28. The first kappa shape index (κ1) is 13.6. The number of hydrogen-bond donors (Lipinski definition) is 1. The van der Waals surface area contributed by atoms with Crippen molar-refractivity contribution in [3.05, 3.63) is 45.3 Å². The summed E-state index contributed by atoms with van der Waals surface area (Å²) < 4.78 is 1.66. The molecule has 0 spiro atoms. The van der Waals surface area contributed by atoms with E-state index in [1.165, 1.54) is 17.7 Å². The molecule has 4 rings (SSSR count). The van der Waals surface area contributed by atoms with Crippen molar-refractivity contribution in [3.8, 4) is 0 Å². The molecule has 0 aromatic carbocycles. The molecule has 3 aromatic heterocycles. The van der Waals surface area contributed by atoms with Crippen LogP contribution in [0.15, 0.2) is 22.6 Å². The highest BCUT2D eigenvalue weighted by Crippen LogP contribution is 2.30. The second-order valence-electron chi connectivity index (χ2n) is 5.58. The summed E-state index contributed by atoms with van der Waals surface area (Å²) in [6.45, 7) is 3.57. The molecule has 22 heavy (non-hydrogen) atoms.